The molecule has 1 unspecified atom stereocenters. The number of nitrogens with one attached hydrogen (secondary N) is 1. The Morgan fingerprint density at radius 2 is 2.17 bits per heavy atom. The van der Waals surface area contributed by atoms with Gasteiger partial charge in [0, 0.05) is 18.7 Å². The third-order valence-electron chi connectivity index (χ3n) is 2.42. The van der Waals surface area contributed by atoms with Crippen LogP contribution in [0.3, 0.4) is 0 Å². The van der Waals surface area contributed by atoms with E-state index in [1.807, 2.05) is 13.0 Å². The molecule has 0 aliphatic rings. The summed E-state index contributed by atoms with van der Waals surface area (Å²) in [7, 11) is 0. The van der Waals surface area contributed by atoms with Gasteiger partial charge in [0.2, 0.25) is 5.91 Å². The van der Waals surface area contributed by atoms with E-state index in [0.29, 0.717) is 12.0 Å². The van der Waals surface area contributed by atoms with Crippen LogP contribution >= 0.6 is 0 Å². The lowest BCUT2D eigenvalue weighted by Crippen LogP contribution is -2.31. The van der Waals surface area contributed by atoms with E-state index in [2.05, 4.69) is 5.32 Å². The van der Waals surface area contributed by atoms with Crippen LogP contribution in [0.25, 0.3) is 6.08 Å². The molecule has 0 aliphatic carbocycles. The lowest BCUT2D eigenvalue weighted by atomic mass is 10.1. The Bertz CT molecular complexity index is 458. The summed E-state index contributed by atoms with van der Waals surface area (Å²) in [6.07, 6.45) is 3.66. The predicted octanol–water partition coefficient (Wildman–Crippen LogP) is 1.46. The number of nitriles is 1. The standard InChI is InChI=1S/C14H16N2O2/c1-11(8-9-17)16-14(18)7-6-12-2-4-13(10-15)5-3-12/h2-7,11,17H,8-9H2,1H3,(H,16,18)/b7-6+. The number of aliphatic hydroxyl groups excluding tert-OH is 1. The molecular formula is C14H16N2O2. The number of hydrogen-bond donors (Lipinski definition) is 2. The van der Waals surface area contributed by atoms with Crippen molar-refractivity contribution in [1.82, 2.24) is 5.32 Å². The van der Waals surface area contributed by atoms with Gasteiger partial charge in [-0.05, 0) is 37.1 Å². The van der Waals surface area contributed by atoms with Gasteiger partial charge in [-0.1, -0.05) is 12.1 Å². The molecule has 4 heteroatoms. The zero-order valence-corrected chi connectivity index (χ0v) is 10.3. The highest BCUT2D eigenvalue weighted by Gasteiger charge is 2.02. The summed E-state index contributed by atoms with van der Waals surface area (Å²) < 4.78 is 0. The SMILES string of the molecule is CC(CCO)NC(=O)/C=C/c1ccc(C#N)cc1. The fourth-order valence-electron chi connectivity index (χ4n) is 1.40. The zero-order chi connectivity index (χ0) is 13.4. The molecule has 18 heavy (non-hydrogen) atoms. The number of carbonyl (C=O) groups is 1. The molecule has 1 aromatic rings. The molecule has 0 aliphatic heterocycles. The second-order valence-corrected chi connectivity index (χ2v) is 3.99. The van der Waals surface area contributed by atoms with Gasteiger partial charge in [0.15, 0.2) is 0 Å². The van der Waals surface area contributed by atoms with Gasteiger partial charge in [-0.25, -0.2) is 0 Å². The summed E-state index contributed by atoms with van der Waals surface area (Å²) in [4.78, 5) is 11.5. The summed E-state index contributed by atoms with van der Waals surface area (Å²) in [6, 6.07) is 8.94. The van der Waals surface area contributed by atoms with Crippen molar-refractivity contribution in [2.24, 2.45) is 0 Å². The van der Waals surface area contributed by atoms with E-state index in [4.69, 9.17) is 10.4 Å². The van der Waals surface area contributed by atoms with Crippen molar-refractivity contribution in [3.05, 3.63) is 41.5 Å². The van der Waals surface area contributed by atoms with Crippen LogP contribution in [-0.2, 0) is 4.79 Å². The lowest BCUT2D eigenvalue weighted by molar-refractivity contribution is -0.117. The van der Waals surface area contributed by atoms with Crippen molar-refractivity contribution < 1.29 is 9.90 Å². The molecule has 0 spiro atoms. The first-order valence-electron chi connectivity index (χ1n) is 5.75. The molecule has 94 valence electrons. The molecule has 0 saturated carbocycles. The van der Waals surface area contributed by atoms with Gasteiger partial charge in [0.1, 0.15) is 0 Å². The first-order chi connectivity index (χ1) is 8.65. The van der Waals surface area contributed by atoms with E-state index >= 15 is 0 Å². The van der Waals surface area contributed by atoms with Crippen molar-refractivity contribution in [2.45, 2.75) is 19.4 Å². The second-order valence-electron chi connectivity index (χ2n) is 3.99. The van der Waals surface area contributed by atoms with Crippen molar-refractivity contribution in [2.75, 3.05) is 6.61 Å². The highest BCUT2D eigenvalue weighted by atomic mass is 16.3. The summed E-state index contributed by atoms with van der Waals surface area (Å²) in [5.74, 6) is -0.194. The van der Waals surface area contributed by atoms with Crippen LogP contribution < -0.4 is 5.32 Å². The molecule has 0 radical (unpaired) electrons. The molecule has 1 aromatic carbocycles. The maximum Gasteiger partial charge on any atom is 0.244 e. The molecule has 1 amide bonds. The quantitative estimate of drug-likeness (QED) is 0.770. The third kappa shape index (κ3) is 4.81. The normalized spacial score (nSPS) is 12.1. The highest BCUT2D eigenvalue weighted by molar-refractivity contribution is 5.91. The van der Waals surface area contributed by atoms with Gasteiger partial charge in [0.25, 0.3) is 0 Å². The number of nitrogens with zero attached hydrogens (tertiary/aromatic N) is 1. The van der Waals surface area contributed by atoms with Crippen molar-refractivity contribution in [3.63, 3.8) is 0 Å². The molecule has 1 atom stereocenters. The number of amides is 1. The first-order valence-corrected chi connectivity index (χ1v) is 5.75. The van der Waals surface area contributed by atoms with Crippen LogP contribution in [0.15, 0.2) is 30.3 Å². The van der Waals surface area contributed by atoms with E-state index in [1.54, 1.807) is 30.3 Å². The van der Waals surface area contributed by atoms with Crippen LogP contribution in [0.4, 0.5) is 0 Å². The number of carbonyl (C=O) groups excluding carboxylic acids is 1. The molecule has 0 bridgehead atoms. The topological polar surface area (TPSA) is 73.1 Å². The molecule has 0 heterocycles. The molecule has 0 fully saturated rings. The Morgan fingerprint density at radius 1 is 1.50 bits per heavy atom. The monoisotopic (exact) mass is 244 g/mol. The minimum absolute atomic E-state index is 0.0480. The van der Waals surface area contributed by atoms with Gasteiger partial charge < -0.3 is 10.4 Å². The van der Waals surface area contributed by atoms with E-state index < -0.39 is 0 Å². The molecule has 2 N–H and O–H groups in total. The van der Waals surface area contributed by atoms with Gasteiger partial charge in [-0.15, -0.1) is 0 Å². The predicted molar refractivity (Wildman–Crippen MR) is 69.5 cm³/mol. The maximum atomic E-state index is 11.5. The Hall–Kier alpha value is -2.12. The van der Waals surface area contributed by atoms with Crippen LogP contribution in [0.5, 0.6) is 0 Å². The van der Waals surface area contributed by atoms with Crippen molar-refractivity contribution >= 4 is 12.0 Å². The Morgan fingerprint density at radius 3 is 2.72 bits per heavy atom. The molecule has 0 aromatic heterocycles. The minimum Gasteiger partial charge on any atom is -0.396 e. The summed E-state index contributed by atoms with van der Waals surface area (Å²) in [5, 5.41) is 20.1. The lowest BCUT2D eigenvalue weighted by Gasteiger charge is -2.09. The fourth-order valence-corrected chi connectivity index (χ4v) is 1.40. The molecule has 0 saturated heterocycles. The summed E-state index contributed by atoms with van der Waals surface area (Å²) in [6.45, 7) is 1.89. The average Bonchev–Trinajstić information content (AvgIpc) is 2.37. The Balaban J connectivity index is 2.52. The molecule has 1 rings (SSSR count). The third-order valence-corrected chi connectivity index (χ3v) is 2.42. The molecular weight excluding hydrogens is 228 g/mol. The van der Waals surface area contributed by atoms with Gasteiger partial charge in [-0.2, -0.15) is 5.26 Å². The van der Waals surface area contributed by atoms with E-state index in [1.165, 1.54) is 6.08 Å². The Kier molecular flexibility index (Phi) is 5.62. The Labute approximate surface area is 107 Å². The number of hydrogen-bond acceptors (Lipinski definition) is 3. The highest BCUT2D eigenvalue weighted by Crippen LogP contribution is 2.05. The summed E-state index contributed by atoms with van der Waals surface area (Å²) in [5.41, 5.74) is 1.45. The van der Waals surface area contributed by atoms with Gasteiger partial charge >= 0.3 is 0 Å². The largest absolute Gasteiger partial charge is 0.396 e. The van der Waals surface area contributed by atoms with Crippen LogP contribution in [0, 0.1) is 11.3 Å². The van der Waals surface area contributed by atoms with Crippen LogP contribution in [-0.4, -0.2) is 23.7 Å². The number of rotatable bonds is 5. The van der Waals surface area contributed by atoms with Crippen molar-refractivity contribution in [3.8, 4) is 6.07 Å². The van der Waals surface area contributed by atoms with Crippen LogP contribution in [0.2, 0.25) is 0 Å². The van der Waals surface area contributed by atoms with Crippen molar-refractivity contribution in [1.29, 1.82) is 5.26 Å². The first kappa shape index (κ1) is 13.9. The smallest absolute Gasteiger partial charge is 0.244 e. The van der Waals surface area contributed by atoms with E-state index in [-0.39, 0.29) is 18.6 Å². The minimum atomic E-state index is -0.194. The molecule has 4 nitrogen and oxygen atoms in total. The van der Waals surface area contributed by atoms with Gasteiger partial charge in [0.05, 0.1) is 11.6 Å². The average molecular weight is 244 g/mol. The second kappa shape index (κ2) is 7.25. The van der Waals surface area contributed by atoms with E-state index in [9.17, 15) is 4.79 Å². The number of benzene rings is 1. The maximum absolute atomic E-state index is 11.5. The fraction of sp³-hybridized carbons (Fsp3) is 0.286. The van der Waals surface area contributed by atoms with E-state index in [0.717, 1.165) is 5.56 Å². The zero-order valence-electron chi connectivity index (χ0n) is 10.3. The van der Waals surface area contributed by atoms with Gasteiger partial charge in [-0.3, -0.25) is 4.79 Å². The number of aliphatic hydroxyl groups is 1. The van der Waals surface area contributed by atoms with Crippen LogP contribution in [0.1, 0.15) is 24.5 Å². The summed E-state index contributed by atoms with van der Waals surface area (Å²) >= 11 is 0.